The monoisotopic (exact) mass is 254 g/mol. The molecule has 0 aliphatic carbocycles. The molecule has 4 atom stereocenters. The molecule has 0 saturated carbocycles. The molecule has 0 aromatic heterocycles. The molecule has 18 heavy (non-hydrogen) atoms. The molecule has 2 saturated heterocycles. The zero-order valence-electron chi connectivity index (χ0n) is 10.3. The van der Waals surface area contributed by atoms with E-state index in [1.54, 1.807) is 20.8 Å². The Morgan fingerprint density at radius 3 is 1.33 bits per heavy atom. The average Bonchev–Trinajstić information content (AvgIpc) is 2.66. The highest BCUT2D eigenvalue weighted by Gasteiger charge is 2.53. The first-order chi connectivity index (χ1) is 8.34. The second-order valence-corrected chi connectivity index (χ2v) is 4.97. The van der Waals surface area contributed by atoms with Gasteiger partial charge in [0.1, 0.15) is 0 Å². The number of ether oxygens (including phenoxy) is 2. The van der Waals surface area contributed by atoms with Crippen LogP contribution >= 0.6 is 0 Å². The van der Waals surface area contributed by atoms with Crippen LogP contribution in [-0.2, 0) is 28.7 Å². The molecular formula is C12H14O6. The van der Waals surface area contributed by atoms with Gasteiger partial charge in [0.15, 0.2) is 0 Å². The Hall–Kier alpha value is -1.72. The fourth-order valence-electron chi connectivity index (χ4n) is 2.79. The summed E-state index contributed by atoms with van der Waals surface area (Å²) in [6.07, 6.45) is 0. The van der Waals surface area contributed by atoms with Gasteiger partial charge < -0.3 is 9.47 Å². The molecule has 0 N–H and O–H groups in total. The molecule has 6 heteroatoms. The first kappa shape index (κ1) is 12.7. The van der Waals surface area contributed by atoms with E-state index in [2.05, 4.69) is 9.47 Å². The highest BCUT2D eigenvalue weighted by molar-refractivity contribution is 5.99. The van der Waals surface area contributed by atoms with Gasteiger partial charge in [0.25, 0.3) is 0 Å². The average molecular weight is 254 g/mol. The summed E-state index contributed by atoms with van der Waals surface area (Å²) in [7, 11) is 0. The van der Waals surface area contributed by atoms with Crippen LogP contribution in [0.2, 0.25) is 0 Å². The van der Waals surface area contributed by atoms with Crippen LogP contribution < -0.4 is 0 Å². The van der Waals surface area contributed by atoms with Gasteiger partial charge >= 0.3 is 23.9 Å². The minimum atomic E-state index is -0.691. The number of carbonyl (C=O) groups excluding carboxylic acids is 4. The van der Waals surface area contributed by atoms with Gasteiger partial charge in [-0.2, -0.15) is 0 Å². The molecule has 0 radical (unpaired) electrons. The molecule has 2 aliphatic heterocycles. The minimum Gasteiger partial charge on any atom is -0.393 e. The van der Waals surface area contributed by atoms with Crippen LogP contribution in [0.25, 0.3) is 0 Å². The van der Waals surface area contributed by atoms with E-state index in [9.17, 15) is 19.2 Å². The third-order valence-corrected chi connectivity index (χ3v) is 3.90. The van der Waals surface area contributed by atoms with Crippen LogP contribution in [0.1, 0.15) is 20.8 Å². The van der Waals surface area contributed by atoms with Gasteiger partial charge in [0.05, 0.1) is 23.7 Å². The Kier molecular flexibility index (Phi) is 2.96. The largest absolute Gasteiger partial charge is 0.393 e. The Morgan fingerprint density at radius 1 is 0.778 bits per heavy atom. The lowest BCUT2D eigenvalue weighted by atomic mass is 9.74. The maximum absolute atomic E-state index is 11.6. The van der Waals surface area contributed by atoms with Crippen molar-refractivity contribution in [2.75, 3.05) is 0 Å². The first-order valence-electron chi connectivity index (χ1n) is 5.85. The molecule has 2 heterocycles. The predicted molar refractivity (Wildman–Crippen MR) is 56.7 cm³/mol. The molecule has 0 aromatic rings. The maximum Gasteiger partial charge on any atom is 0.317 e. The van der Waals surface area contributed by atoms with Crippen LogP contribution in [0.3, 0.4) is 0 Å². The molecule has 2 aliphatic rings. The summed E-state index contributed by atoms with van der Waals surface area (Å²) in [6, 6.07) is 0. The van der Waals surface area contributed by atoms with Crippen LogP contribution in [0.15, 0.2) is 0 Å². The van der Waals surface area contributed by atoms with Gasteiger partial charge in [-0.25, -0.2) is 0 Å². The molecule has 4 unspecified atom stereocenters. The lowest BCUT2D eigenvalue weighted by molar-refractivity contribution is -0.154. The summed E-state index contributed by atoms with van der Waals surface area (Å²) in [6.45, 7) is 4.84. The second kappa shape index (κ2) is 4.19. The first-order valence-corrected chi connectivity index (χ1v) is 5.85. The fraction of sp³-hybridized carbons (Fsp3) is 0.667. The van der Waals surface area contributed by atoms with Gasteiger partial charge in [-0.3, -0.25) is 19.2 Å². The van der Waals surface area contributed by atoms with Crippen molar-refractivity contribution in [2.45, 2.75) is 20.8 Å². The van der Waals surface area contributed by atoms with Crippen molar-refractivity contribution in [1.82, 2.24) is 0 Å². The Morgan fingerprint density at radius 2 is 1.11 bits per heavy atom. The van der Waals surface area contributed by atoms with Crippen molar-refractivity contribution in [3.05, 3.63) is 0 Å². The minimum absolute atomic E-state index is 0.465. The van der Waals surface area contributed by atoms with Crippen molar-refractivity contribution in [3.63, 3.8) is 0 Å². The van der Waals surface area contributed by atoms with Crippen LogP contribution in [-0.4, -0.2) is 23.9 Å². The highest BCUT2D eigenvalue weighted by atomic mass is 16.6. The normalized spacial score (nSPS) is 37.7. The maximum atomic E-state index is 11.6. The van der Waals surface area contributed by atoms with E-state index < -0.39 is 53.5 Å². The number of carbonyl (C=O) groups is 4. The Balaban J connectivity index is 2.24. The molecule has 6 nitrogen and oxygen atoms in total. The summed E-state index contributed by atoms with van der Waals surface area (Å²) in [5, 5.41) is 0. The number of esters is 4. The smallest absolute Gasteiger partial charge is 0.317 e. The third kappa shape index (κ3) is 1.72. The van der Waals surface area contributed by atoms with Crippen molar-refractivity contribution >= 4 is 23.9 Å². The molecule has 2 rings (SSSR count). The standard InChI is InChI=1S/C12H14O6/c1-4(7-5(2)9(13)17-11(7)15)8-6(3)10(14)18-12(8)16/h4-8H,1-3H3. The zero-order chi connectivity index (χ0) is 13.6. The molecular weight excluding hydrogens is 240 g/mol. The topological polar surface area (TPSA) is 86.7 Å². The lowest BCUT2D eigenvalue weighted by Gasteiger charge is -2.23. The lowest BCUT2D eigenvalue weighted by Crippen LogP contribution is -2.33. The number of hydrogen-bond acceptors (Lipinski definition) is 6. The number of cyclic esters (lactones) is 4. The van der Waals surface area contributed by atoms with Gasteiger partial charge in [-0.1, -0.05) is 20.8 Å². The molecule has 0 aromatic carbocycles. The van der Waals surface area contributed by atoms with E-state index in [1.807, 2.05) is 0 Å². The molecule has 0 amide bonds. The second-order valence-electron chi connectivity index (χ2n) is 4.97. The SMILES string of the molecule is CC1C(=O)OC(=O)C1C(C)C1C(=O)OC(=O)C1C. The van der Waals surface area contributed by atoms with Crippen molar-refractivity contribution in [1.29, 1.82) is 0 Å². The summed E-state index contributed by atoms with van der Waals surface area (Å²) >= 11 is 0. The molecule has 0 bridgehead atoms. The Bertz CT molecular complexity index is 400. The van der Waals surface area contributed by atoms with Crippen molar-refractivity contribution < 1.29 is 28.7 Å². The van der Waals surface area contributed by atoms with Crippen LogP contribution in [0, 0.1) is 29.6 Å². The van der Waals surface area contributed by atoms with Gasteiger partial charge in [-0.15, -0.1) is 0 Å². The summed E-state index contributed by atoms with van der Waals surface area (Å²) in [4.78, 5) is 45.8. The summed E-state index contributed by atoms with van der Waals surface area (Å²) in [5.74, 6) is -5.45. The molecule has 2 fully saturated rings. The Labute approximate surface area is 104 Å². The van der Waals surface area contributed by atoms with Gasteiger partial charge in [-0.05, 0) is 5.92 Å². The quantitative estimate of drug-likeness (QED) is 0.520. The summed E-state index contributed by atoms with van der Waals surface area (Å²) in [5.41, 5.74) is 0. The van der Waals surface area contributed by atoms with Crippen LogP contribution in [0.5, 0.6) is 0 Å². The van der Waals surface area contributed by atoms with Crippen molar-refractivity contribution in [2.24, 2.45) is 29.6 Å². The fourth-order valence-corrected chi connectivity index (χ4v) is 2.79. The van der Waals surface area contributed by atoms with E-state index >= 15 is 0 Å². The van der Waals surface area contributed by atoms with E-state index in [1.165, 1.54) is 0 Å². The molecule has 98 valence electrons. The van der Waals surface area contributed by atoms with Crippen LogP contribution in [0.4, 0.5) is 0 Å². The van der Waals surface area contributed by atoms with Gasteiger partial charge in [0, 0.05) is 0 Å². The number of rotatable bonds is 2. The van der Waals surface area contributed by atoms with E-state index in [0.717, 1.165) is 0 Å². The summed E-state index contributed by atoms with van der Waals surface area (Å²) < 4.78 is 9.10. The van der Waals surface area contributed by atoms with E-state index in [0.29, 0.717) is 0 Å². The number of hydrogen-bond donors (Lipinski definition) is 0. The third-order valence-electron chi connectivity index (χ3n) is 3.90. The van der Waals surface area contributed by atoms with Gasteiger partial charge in [0.2, 0.25) is 0 Å². The zero-order valence-corrected chi connectivity index (χ0v) is 10.3. The predicted octanol–water partition coefficient (Wildman–Crippen LogP) is 0.294. The highest BCUT2D eigenvalue weighted by Crippen LogP contribution is 2.39. The van der Waals surface area contributed by atoms with E-state index in [4.69, 9.17) is 0 Å². The van der Waals surface area contributed by atoms with E-state index in [-0.39, 0.29) is 0 Å². The molecule has 0 spiro atoms. The van der Waals surface area contributed by atoms with Crippen molar-refractivity contribution in [3.8, 4) is 0 Å².